The summed E-state index contributed by atoms with van der Waals surface area (Å²) in [5.41, 5.74) is 1.27. The van der Waals surface area contributed by atoms with Gasteiger partial charge in [-0.25, -0.2) is 8.42 Å². The predicted octanol–water partition coefficient (Wildman–Crippen LogP) is 2.04. The van der Waals surface area contributed by atoms with Gasteiger partial charge in [-0.05, 0) is 41.3 Å². The van der Waals surface area contributed by atoms with Crippen LogP contribution >= 0.6 is 0 Å². The van der Waals surface area contributed by atoms with Crippen molar-refractivity contribution in [1.29, 1.82) is 0 Å². The fourth-order valence-corrected chi connectivity index (χ4v) is 3.38. The third-order valence-corrected chi connectivity index (χ3v) is 5.07. The molecule has 3 nitrogen and oxygen atoms in total. The first kappa shape index (κ1) is 22.3. The molecule has 0 spiro atoms. The molecule has 0 bridgehead atoms. The third kappa shape index (κ3) is 7.24. The Morgan fingerprint density at radius 3 is 2.08 bits per heavy atom. The van der Waals surface area contributed by atoms with Crippen molar-refractivity contribution in [3.63, 3.8) is 0 Å². The molecule has 2 rings (SSSR count). The third-order valence-electron chi connectivity index (χ3n) is 4.23. The zero-order valence-corrected chi connectivity index (χ0v) is 18.7. The Morgan fingerprint density at radius 2 is 1.42 bits per heavy atom. The normalized spacial score (nSPS) is 11.4. The number of aryl methyl sites for hydroxylation is 1. The van der Waals surface area contributed by atoms with Gasteiger partial charge in [0.15, 0.2) is 0 Å². The molecule has 0 aliphatic rings. The standard InChI is InChI=1S/C19H26O3S.K/c1-2-3-4-5-6-7-8-9-16-10-11-18-15-19(23(20,21)22)13-12-17(18)14-16;/h10-15H,2-9H2,1H3,(H,20,21,22);/q;+1/p-1. The first-order chi connectivity index (χ1) is 11.0. The van der Waals surface area contributed by atoms with Crippen molar-refractivity contribution in [2.45, 2.75) is 63.2 Å². The summed E-state index contributed by atoms with van der Waals surface area (Å²) in [6.45, 7) is 2.23. The second-order valence-electron chi connectivity index (χ2n) is 6.17. The van der Waals surface area contributed by atoms with E-state index in [1.54, 1.807) is 6.07 Å². The molecule has 2 aromatic carbocycles. The van der Waals surface area contributed by atoms with E-state index in [0.717, 1.165) is 17.2 Å². The van der Waals surface area contributed by atoms with Gasteiger partial charge < -0.3 is 4.55 Å². The van der Waals surface area contributed by atoms with Crippen LogP contribution in [-0.2, 0) is 16.5 Å². The number of hydrogen-bond acceptors (Lipinski definition) is 3. The van der Waals surface area contributed by atoms with Gasteiger partial charge in [0.05, 0.1) is 4.90 Å². The predicted molar refractivity (Wildman–Crippen MR) is 93.6 cm³/mol. The number of benzene rings is 2. The number of unbranched alkanes of at least 4 members (excludes halogenated alkanes) is 6. The zero-order valence-electron chi connectivity index (χ0n) is 14.8. The summed E-state index contributed by atoms with van der Waals surface area (Å²) in [6, 6.07) is 10.6. The van der Waals surface area contributed by atoms with Crippen LogP contribution in [0.3, 0.4) is 0 Å². The average Bonchev–Trinajstić information content (AvgIpc) is 2.52. The molecule has 0 aliphatic carbocycles. The van der Waals surface area contributed by atoms with E-state index in [1.165, 1.54) is 62.6 Å². The SMILES string of the molecule is CCCCCCCCCc1ccc2cc(S(=O)(=O)[O-])ccc2c1.[K+]. The Kier molecular flexibility index (Phi) is 10.3. The quantitative estimate of drug-likeness (QED) is 0.384. The van der Waals surface area contributed by atoms with E-state index in [-0.39, 0.29) is 56.3 Å². The van der Waals surface area contributed by atoms with Gasteiger partial charge in [-0.2, -0.15) is 0 Å². The molecule has 0 aliphatic heterocycles. The molecule has 2 aromatic rings. The fraction of sp³-hybridized carbons (Fsp3) is 0.474. The Labute approximate surface area is 188 Å². The van der Waals surface area contributed by atoms with Gasteiger partial charge in [-0.3, -0.25) is 0 Å². The number of hydrogen-bond donors (Lipinski definition) is 0. The molecular formula is C19H25KO3S. The number of rotatable bonds is 9. The van der Waals surface area contributed by atoms with Crippen molar-refractivity contribution in [3.8, 4) is 0 Å². The van der Waals surface area contributed by atoms with Crippen LogP contribution in [0.1, 0.15) is 57.4 Å². The van der Waals surface area contributed by atoms with Gasteiger partial charge in [0, 0.05) is 0 Å². The summed E-state index contributed by atoms with van der Waals surface area (Å²) in [5, 5.41) is 1.78. The largest absolute Gasteiger partial charge is 1.00 e. The molecule has 0 heterocycles. The van der Waals surface area contributed by atoms with Gasteiger partial charge in [-0.15, -0.1) is 0 Å². The van der Waals surface area contributed by atoms with Gasteiger partial charge in [0.1, 0.15) is 10.1 Å². The van der Waals surface area contributed by atoms with Gasteiger partial charge in [-0.1, -0.05) is 69.7 Å². The summed E-state index contributed by atoms with van der Waals surface area (Å²) in [7, 11) is -4.38. The summed E-state index contributed by atoms with van der Waals surface area (Å²) in [5.74, 6) is 0. The minimum Gasteiger partial charge on any atom is -0.744 e. The maximum atomic E-state index is 11.1. The maximum absolute atomic E-state index is 11.1. The molecule has 5 heteroatoms. The Morgan fingerprint density at radius 1 is 0.833 bits per heavy atom. The van der Waals surface area contributed by atoms with Crippen molar-refractivity contribution in [3.05, 3.63) is 42.0 Å². The first-order valence-corrected chi connectivity index (χ1v) is 9.90. The molecule has 0 saturated heterocycles. The molecule has 0 N–H and O–H groups in total. The van der Waals surface area contributed by atoms with Crippen LogP contribution in [0.25, 0.3) is 10.8 Å². The molecule has 0 amide bonds. The Balaban J connectivity index is 0.00000288. The number of fused-ring (bicyclic) bond motifs is 1. The van der Waals surface area contributed by atoms with Crippen LogP contribution in [0.2, 0.25) is 0 Å². The van der Waals surface area contributed by atoms with Crippen LogP contribution in [0, 0.1) is 0 Å². The summed E-state index contributed by atoms with van der Waals surface area (Å²) in [6.07, 6.45) is 10.1. The fourth-order valence-electron chi connectivity index (χ4n) is 2.87. The van der Waals surface area contributed by atoms with E-state index in [1.807, 2.05) is 12.1 Å². The average molecular weight is 373 g/mol. The van der Waals surface area contributed by atoms with Crippen LogP contribution < -0.4 is 51.4 Å². The molecular weight excluding hydrogens is 347 g/mol. The molecule has 0 radical (unpaired) electrons. The van der Waals surface area contributed by atoms with Crippen molar-refractivity contribution in [1.82, 2.24) is 0 Å². The summed E-state index contributed by atoms with van der Waals surface area (Å²) < 4.78 is 33.2. The second kappa shape index (κ2) is 11.1. The molecule has 0 unspecified atom stereocenters. The molecule has 0 atom stereocenters. The van der Waals surface area contributed by atoms with Crippen molar-refractivity contribution in [2.75, 3.05) is 0 Å². The molecule has 0 saturated carbocycles. The van der Waals surface area contributed by atoms with E-state index in [0.29, 0.717) is 0 Å². The summed E-state index contributed by atoms with van der Waals surface area (Å²) >= 11 is 0. The van der Waals surface area contributed by atoms with Gasteiger partial charge in [0.25, 0.3) is 0 Å². The van der Waals surface area contributed by atoms with Crippen LogP contribution in [0.15, 0.2) is 41.3 Å². The molecule has 126 valence electrons. The van der Waals surface area contributed by atoms with Gasteiger partial charge in [0.2, 0.25) is 0 Å². The minimum absolute atomic E-state index is 0. The van der Waals surface area contributed by atoms with Crippen LogP contribution in [0.4, 0.5) is 0 Å². The first-order valence-electron chi connectivity index (χ1n) is 8.49. The summed E-state index contributed by atoms with van der Waals surface area (Å²) in [4.78, 5) is -0.162. The van der Waals surface area contributed by atoms with E-state index >= 15 is 0 Å². The van der Waals surface area contributed by atoms with Crippen molar-refractivity contribution >= 4 is 20.9 Å². The van der Waals surface area contributed by atoms with E-state index in [4.69, 9.17) is 0 Å². The second-order valence-corrected chi connectivity index (χ2v) is 7.55. The molecule has 24 heavy (non-hydrogen) atoms. The topological polar surface area (TPSA) is 57.2 Å². The van der Waals surface area contributed by atoms with Crippen molar-refractivity contribution in [2.24, 2.45) is 0 Å². The Bertz CT molecular complexity index is 741. The zero-order chi connectivity index (χ0) is 16.7. The van der Waals surface area contributed by atoms with E-state index < -0.39 is 10.1 Å². The monoisotopic (exact) mass is 372 g/mol. The van der Waals surface area contributed by atoms with Gasteiger partial charge >= 0.3 is 51.4 Å². The van der Waals surface area contributed by atoms with E-state index in [9.17, 15) is 13.0 Å². The Hall–Kier alpha value is 0.246. The molecule has 0 aromatic heterocycles. The molecule has 0 fully saturated rings. The smallest absolute Gasteiger partial charge is 0.744 e. The maximum Gasteiger partial charge on any atom is 1.00 e. The van der Waals surface area contributed by atoms with Crippen LogP contribution in [0.5, 0.6) is 0 Å². The van der Waals surface area contributed by atoms with Crippen LogP contribution in [-0.4, -0.2) is 13.0 Å². The van der Waals surface area contributed by atoms with E-state index in [2.05, 4.69) is 13.0 Å². The minimum atomic E-state index is -4.38. The van der Waals surface area contributed by atoms with Crippen molar-refractivity contribution < 1.29 is 64.4 Å².